The number of ether oxygens (including phenoxy) is 1. The predicted octanol–water partition coefficient (Wildman–Crippen LogP) is 3.10. The van der Waals surface area contributed by atoms with Crippen molar-refractivity contribution in [1.29, 1.82) is 0 Å². The lowest BCUT2D eigenvalue weighted by atomic mass is 9.96. The molecule has 0 bridgehead atoms. The fourth-order valence-corrected chi connectivity index (χ4v) is 2.97. The van der Waals surface area contributed by atoms with Crippen molar-refractivity contribution in [3.8, 4) is 0 Å². The van der Waals surface area contributed by atoms with Crippen molar-refractivity contribution >= 4 is 18.3 Å². The van der Waals surface area contributed by atoms with Gasteiger partial charge in [-0.2, -0.15) is 0 Å². The molecule has 4 nitrogen and oxygen atoms in total. The van der Waals surface area contributed by atoms with E-state index in [4.69, 9.17) is 4.74 Å². The maximum atomic E-state index is 12.2. The number of piperidine rings is 1. The fourth-order valence-electron chi connectivity index (χ4n) is 2.97. The van der Waals surface area contributed by atoms with Crippen LogP contribution >= 0.6 is 12.4 Å². The first-order valence-electron chi connectivity index (χ1n) is 8.63. The molecule has 0 aromatic heterocycles. The molecule has 0 aromatic carbocycles. The Morgan fingerprint density at radius 2 is 1.91 bits per heavy atom. The van der Waals surface area contributed by atoms with Gasteiger partial charge in [-0.05, 0) is 51.1 Å². The summed E-state index contributed by atoms with van der Waals surface area (Å²) in [5, 5.41) is 3.40. The standard InChI is InChI=1S/C17H34N2O2.ClH/c1-5-18-13-16-6-9-19(10-7-16)17(20)8-11-21-15(4)12-14(2)3;/h14-16,18H,5-13H2,1-4H3;1H. The van der Waals surface area contributed by atoms with Gasteiger partial charge in [0, 0.05) is 13.1 Å². The number of hydrogen-bond donors (Lipinski definition) is 1. The van der Waals surface area contributed by atoms with Gasteiger partial charge in [0.25, 0.3) is 0 Å². The molecule has 0 aromatic rings. The Hall–Kier alpha value is -0.320. The third-order valence-corrected chi connectivity index (χ3v) is 4.17. The summed E-state index contributed by atoms with van der Waals surface area (Å²) in [5.41, 5.74) is 0. The first-order chi connectivity index (χ1) is 10.0. The molecule has 22 heavy (non-hydrogen) atoms. The zero-order chi connectivity index (χ0) is 15.7. The number of carbonyl (C=O) groups is 1. The van der Waals surface area contributed by atoms with E-state index in [1.54, 1.807) is 0 Å². The highest BCUT2D eigenvalue weighted by Crippen LogP contribution is 2.17. The monoisotopic (exact) mass is 334 g/mol. The maximum Gasteiger partial charge on any atom is 0.224 e. The summed E-state index contributed by atoms with van der Waals surface area (Å²) in [4.78, 5) is 14.2. The van der Waals surface area contributed by atoms with E-state index >= 15 is 0 Å². The minimum atomic E-state index is 0. The third kappa shape index (κ3) is 8.96. The average molecular weight is 335 g/mol. The zero-order valence-corrected chi connectivity index (χ0v) is 15.6. The van der Waals surface area contributed by atoms with Crippen LogP contribution in [0.3, 0.4) is 0 Å². The van der Waals surface area contributed by atoms with Crippen molar-refractivity contribution in [3.05, 3.63) is 0 Å². The Morgan fingerprint density at radius 1 is 1.27 bits per heavy atom. The molecule has 0 radical (unpaired) electrons. The van der Waals surface area contributed by atoms with E-state index in [0.29, 0.717) is 18.9 Å². The second kappa shape index (κ2) is 12.1. The molecule has 0 saturated carbocycles. The normalized spacial score (nSPS) is 17.4. The van der Waals surface area contributed by atoms with E-state index in [2.05, 4.69) is 33.0 Å². The lowest BCUT2D eigenvalue weighted by Crippen LogP contribution is -2.41. The molecule has 1 N–H and O–H groups in total. The molecule has 1 saturated heterocycles. The van der Waals surface area contributed by atoms with Gasteiger partial charge in [0.05, 0.1) is 19.1 Å². The second-order valence-electron chi connectivity index (χ2n) is 6.69. The van der Waals surface area contributed by atoms with E-state index in [9.17, 15) is 4.79 Å². The summed E-state index contributed by atoms with van der Waals surface area (Å²) in [6, 6.07) is 0. The van der Waals surface area contributed by atoms with E-state index in [1.807, 2.05) is 4.90 Å². The van der Waals surface area contributed by atoms with Crippen LogP contribution in [0, 0.1) is 11.8 Å². The Labute approximate surface area is 142 Å². The van der Waals surface area contributed by atoms with Gasteiger partial charge in [-0.15, -0.1) is 12.4 Å². The topological polar surface area (TPSA) is 41.6 Å². The highest BCUT2D eigenvalue weighted by atomic mass is 35.5. The van der Waals surface area contributed by atoms with Gasteiger partial charge in [-0.3, -0.25) is 4.79 Å². The van der Waals surface area contributed by atoms with Crippen LogP contribution < -0.4 is 5.32 Å². The highest BCUT2D eigenvalue weighted by molar-refractivity contribution is 5.85. The number of carbonyl (C=O) groups excluding carboxylic acids is 1. The molecular weight excluding hydrogens is 300 g/mol. The summed E-state index contributed by atoms with van der Waals surface area (Å²) >= 11 is 0. The first-order valence-corrected chi connectivity index (χ1v) is 8.63. The number of rotatable bonds is 9. The maximum absolute atomic E-state index is 12.2. The number of nitrogens with one attached hydrogen (secondary N) is 1. The molecule has 1 unspecified atom stereocenters. The SMILES string of the molecule is CCNCC1CCN(C(=O)CCOC(C)CC(C)C)CC1.Cl. The minimum absolute atomic E-state index is 0. The molecule has 1 atom stereocenters. The van der Waals surface area contributed by atoms with Crippen LogP contribution in [0.5, 0.6) is 0 Å². The van der Waals surface area contributed by atoms with Gasteiger partial charge in [0.1, 0.15) is 0 Å². The van der Waals surface area contributed by atoms with Crippen LogP contribution in [-0.2, 0) is 9.53 Å². The van der Waals surface area contributed by atoms with Gasteiger partial charge >= 0.3 is 0 Å². The van der Waals surface area contributed by atoms with E-state index < -0.39 is 0 Å². The summed E-state index contributed by atoms with van der Waals surface area (Å²) in [7, 11) is 0. The largest absolute Gasteiger partial charge is 0.378 e. The highest BCUT2D eigenvalue weighted by Gasteiger charge is 2.22. The number of hydrogen-bond acceptors (Lipinski definition) is 3. The minimum Gasteiger partial charge on any atom is -0.378 e. The number of nitrogens with zero attached hydrogens (tertiary/aromatic N) is 1. The molecule has 1 fully saturated rings. The lowest BCUT2D eigenvalue weighted by Gasteiger charge is -2.32. The van der Waals surface area contributed by atoms with Crippen molar-refractivity contribution < 1.29 is 9.53 Å². The van der Waals surface area contributed by atoms with Crippen LogP contribution in [0.2, 0.25) is 0 Å². The van der Waals surface area contributed by atoms with Crippen molar-refractivity contribution in [2.45, 2.75) is 59.5 Å². The van der Waals surface area contributed by atoms with Crippen molar-refractivity contribution in [2.24, 2.45) is 11.8 Å². The number of amides is 1. The Balaban J connectivity index is 0.00000441. The average Bonchev–Trinajstić information content (AvgIpc) is 2.44. The van der Waals surface area contributed by atoms with E-state index in [1.165, 1.54) is 0 Å². The fraction of sp³-hybridized carbons (Fsp3) is 0.941. The molecule has 1 amide bonds. The van der Waals surface area contributed by atoms with Crippen LogP contribution in [0.1, 0.15) is 53.4 Å². The predicted molar refractivity (Wildman–Crippen MR) is 94.6 cm³/mol. The Morgan fingerprint density at radius 3 is 2.45 bits per heavy atom. The molecule has 5 heteroatoms. The van der Waals surface area contributed by atoms with Crippen molar-refractivity contribution in [3.63, 3.8) is 0 Å². The molecule has 0 aliphatic carbocycles. The first kappa shape index (κ1) is 21.7. The summed E-state index contributed by atoms with van der Waals surface area (Å²) in [5.74, 6) is 1.64. The Bertz CT molecular complexity index is 292. The molecule has 1 heterocycles. The van der Waals surface area contributed by atoms with Crippen LogP contribution in [-0.4, -0.2) is 49.7 Å². The molecule has 1 rings (SSSR count). The third-order valence-electron chi connectivity index (χ3n) is 4.17. The number of likely N-dealkylation sites (tertiary alicyclic amines) is 1. The quantitative estimate of drug-likeness (QED) is 0.704. The molecule has 1 aliphatic heterocycles. The van der Waals surface area contributed by atoms with Crippen LogP contribution in [0.4, 0.5) is 0 Å². The van der Waals surface area contributed by atoms with E-state index in [0.717, 1.165) is 51.4 Å². The van der Waals surface area contributed by atoms with Gasteiger partial charge < -0.3 is 15.0 Å². The molecule has 0 spiro atoms. The summed E-state index contributed by atoms with van der Waals surface area (Å²) in [6.07, 6.45) is 4.10. The lowest BCUT2D eigenvalue weighted by molar-refractivity contribution is -0.134. The molecule has 132 valence electrons. The number of halogens is 1. The second-order valence-corrected chi connectivity index (χ2v) is 6.69. The van der Waals surface area contributed by atoms with Gasteiger partial charge in [-0.1, -0.05) is 20.8 Å². The van der Waals surface area contributed by atoms with E-state index in [-0.39, 0.29) is 24.4 Å². The van der Waals surface area contributed by atoms with Crippen LogP contribution in [0.25, 0.3) is 0 Å². The van der Waals surface area contributed by atoms with Gasteiger partial charge in [-0.25, -0.2) is 0 Å². The summed E-state index contributed by atoms with van der Waals surface area (Å²) in [6.45, 7) is 13.1. The molecular formula is C17H35ClN2O2. The van der Waals surface area contributed by atoms with Crippen molar-refractivity contribution in [1.82, 2.24) is 10.2 Å². The van der Waals surface area contributed by atoms with Gasteiger partial charge in [0.15, 0.2) is 0 Å². The Kier molecular flexibility index (Phi) is 12.0. The van der Waals surface area contributed by atoms with Crippen LogP contribution in [0.15, 0.2) is 0 Å². The smallest absolute Gasteiger partial charge is 0.224 e. The van der Waals surface area contributed by atoms with Crippen molar-refractivity contribution in [2.75, 3.05) is 32.8 Å². The zero-order valence-electron chi connectivity index (χ0n) is 14.8. The summed E-state index contributed by atoms with van der Waals surface area (Å²) < 4.78 is 5.73. The molecule has 1 aliphatic rings. The van der Waals surface area contributed by atoms with Gasteiger partial charge in [0.2, 0.25) is 5.91 Å².